The van der Waals surface area contributed by atoms with E-state index in [1.807, 2.05) is 66.0 Å². The maximum atomic E-state index is 11.8. The lowest BCUT2D eigenvalue weighted by molar-refractivity contribution is -0.141. The van der Waals surface area contributed by atoms with Crippen LogP contribution in [-0.2, 0) is 16.1 Å². The van der Waals surface area contributed by atoms with E-state index >= 15 is 0 Å². The molecular weight excluding hydrogens is 326 g/mol. The fraction of sp³-hybridized carbons (Fsp3) is 0.111. The zero-order valence-electron chi connectivity index (χ0n) is 12.3. The third-order valence-electron chi connectivity index (χ3n) is 3.11. The summed E-state index contributed by atoms with van der Waals surface area (Å²) in [6.07, 6.45) is 0. The van der Waals surface area contributed by atoms with Gasteiger partial charge in [0.15, 0.2) is 4.34 Å². The van der Waals surface area contributed by atoms with Crippen molar-refractivity contribution in [3.8, 4) is 11.3 Å². The molecule has 0 aliphatic carbocycles. The highest BCUT2D eigenvalue weighted by molar-refractivity contribution is 8.01. The van der Waals surface area contributed by atoms with Crippen LogP contribution in [0.4, 0.5) is 0 Å². The number of aromatic nitrogens is 1. The summed E-state index contributed by atoms with van der Waals surface area (Å²) in [7, 11) is 0. The number of hydrogen-bond donors (Lipinski definition) is 0. The molecule has 0 unspecified atom stereocenters. The Kier molecular flexibility index (Phi) is 5.45. The lowest BCUT2D eigenvalue weighted by Crippen LogP contribution is -2.07. The predicted molar refractivity (Wildman–Crippen MR) is 94.5 cm³/mol. The molecule has 0 atom stereocenters. The van der Waals surface area contributed by atoms with Crippen molar-refractivity contribution in [1.82, 2.24) is 4.98 Å². The van der Waals surface area contributed by atoms with Crippen molar-refractivity contribution < 1.29 is 9.53 Å². The van der Waals surface area contributed by atoms with Crippen molar-refractivity contribution in [2.45, 2.75) is 10.9 Å². The molecule has 1 aromatic heterocycles. The molecule has 0 amide bonds. The van der Waals surface area contributed by atoms with Gasteiger partial charge in [0, 0.05) is 10.9 Å². The van der Waals surface area contributed by atoms with E-state index in [1.165, 1.54) is 11.8 Å². The van der Waals surface area contributed by atoms with Crippen LogP contribution >= 0.6 is 23.1 Å². The standard InChI is InChI=1S/C18H15NO2S2/c20-17(21-11-14-7-3-1-4-8-14)13-23-18-19-16(12-22-18)15-9-5-2-6-10-15/h1-10,12H,11,13H2. The summed E-state index contributed by atoms with van der Waals surface area (Å²) >= 11 is 2.96. The Hall–Kier alpha value is -2.11. The first-order chi connectivity index (χ1) is 11.3. The zero-order chi connectivity index (χ0) is 15.9. The van der Waals surface area contributed by atoms with Crippen LogP contribution in [0.25, 0.3) is 11.3 Å². The van der Waals surface area contributed by atoms with Gasteiger partial charge in [-0.25, -0.2) is 4.98 Å². The second-order valence-electron chi connectivity index (χ2n) is 4.80. The SMILES string of the molecule is O=C(CSc1nc(-c2ccccc2)cs1)OCc1ccccc1. The maximum Gasteiger partial charge on any atom is 0.316 e. The highest BCUT2D eigenvalue weighted by atomic mass is 32.2. The maximum absolute atomic E-state index is 11.8. The molecule has 23 heavy (non-hydrogen) atoms. The molecule has 3 rings (SSSR count). The van der Waals surface area contributed by atoms with Crippen molar-refractivity contribution in [2.75, 3.05) is 5.75 Å². The molecule has 2 aromatic carbocycles. The van der Waals surface area contributed by atoms with E-state index in [9.17, 15) is 4.79 Å². The van der Waals surface area contributed by atoms with Crippen LogP contribution in [0.2, 0.25) is 0 Å². The smallest absolute Gasteiger partial charge is 0.316 e. The molecule has 0 N–H and O–H groups in total. The summed E-state index contributed by atoms with van der Waals surface area (Å²) in [5.74, 6) is 0.0458. The summed E-state index contributed by atoms with van der Waals surface area (Å²) in [4.78, 5) is 16.3. The van der Waals surface area contributed by atoms with Gasteiger partial charge in [0.05, 0.1) is 11.4 Å². The minimum Gasteiger partial charge on any atom is -0.460 e. The number of esters is 1. The molecule has 0 aliphatic heterocycles. The van der Waals surface area contributed by atoms with E-state index in [-0.39, 0.29) is 11.7 Å². The fourth-order valence-electron chi connectivity index (χ4n) is 1.97. The summed E-state index contributed by atoms with van der Waals surface area (Å²) < 4.78 is 6.13. The van der Waals surface area contributed by atoms with Crippen LogP contribution in [0.15, 0.2) is 70.4 Å². The highest BCUT2D eigenvalue weighted by Crippen LogP contribution is 2.28. The first-order valence-electron chi connectivity index (χ1n) is 7.14. The molecule has 5 heteroatoms. The summed E-state index contributed by atoms with van der Waals surface area (Å²) in [6.45, 7) is 0.313. The van der Waals surface area contributed by atoms with Crippen molar-refractivity contribution in [3.63, 3.8) is 0 Å². The van der Waals surface area contributed by atoms with E-state index in [4.69, 9.17) is 4.74 Å². The molecule has 0 saturated heterocycles. The summed E-state index contributed by atoms with van der Waals surface area (Å²) in [5, 5.41) is 2.01. The van der Waals surface area contributed by atoms with E-state index < -0.39 is 0 Å². The van der Waals surface area contributed by atoms with Gasteiger partial charge in [-0.2, -0.15) is 0 Å². The van der Waals surface area contributed by atoms with E-state index in [0.29, 0.717) is 6.61 Å². The Morgan fingerprint density at radius 3 is 2.48 bits per heavy atom. The Labute approximate surface area is 143 Å². The van der Waals surface area contributed by atoms with Crippen LogP contribution in [0.5, 0.6) is 0 Å². The zero-order valence-corrected chi connectivity index (χ0v) is 14.0. The van der Waals surface area contributed by atoms with Crippen LogP contribution < -0.4 is 0 Å². The van der Waals surface area contributed by atoms with E-state index in [1.54, 1.807) is 11.3 Å². The molecule has 3 nitrogen and oxygen atoms in total. The van der Waals surface area contributed by atoms with Crippen molar-refractivity contribution >= 4 is 29.1 Å². The lowest BCUT2D eigenvalue weighted by atomic mass is 10.2. The van der Waals surface area contributed by atoms with Gasteiger partial charge in [-0.1, -0.05) is 72.4 Å². The van der Waals surface area contributed by atoms with Crippen molar-refractivity contribution in [2.24, 2.45) is 0 Å². The van der Waals surface area contributed by atoms with Crippen LogP contribution in [0, 0.1) is 0 Å². The van der Waals surface area contributed by atoms with Gasteiger partial charge < -0.3 is 4.74 Å². The number of carbonyl (C=O) groups excluding carboxylic acids is 1. The second kappa shape index (κ2) is 7.94. The molecule has 0 fully saturated rings. The third-order valence-corrected chi connectivity index (χ3v) is 5.10. The monoisotopic (exact) mass is 341 g/mol. The molecule has 0 aliphatic rings. The number of carbonyl (C=O) groups is 1. The van der Waals surface area contributed by atoms with Gasteiger partial charge in [0.2, 0.25) is 0 Å². The van der Waals surface area contributed by atoms with E-state index in [2.05, 4.69) is 4.98 Å². The Morgan fingerprint density at radius 2 is 1.74 bits per heavy atom. The van der Waals surface area contributed by atoms with E-state index in [0.717, 1.165) is 21.2 Å². The number of thioether (sulfide) groups is 1. The predicted octanol–water partition coefficient (Wildman–Crippen LogP) is 4.65. The Bertz CT molecular complexity index is 757. The quantitative estimate of drug-likeness (QED) is 0.483. The number of benzene rings is 2. The molecule has 116 valence electrons. The highest BCUT2D eigenvalue weighted by Gasteiger charge is 2.09. The minimum atomic E-state index is -0.227. The molecule has 1 heterocycles. The molecule has 0 spiro atoms. The molecular formula is C18H15NO2S2. The largest absolute Gasteiger partial charge is 0.460 e. The third kappa shape index (κ3) is 4.68. The Morgan fingerprint density at radius 1 is 1.04 bits per heavy atom. The number of thiazole rings is 1. The first kappa shape index (κ1) is 15.8. The van der Waals surface area contributed by atoms with Crippen molar-refractivity contribution in [1.29, 1.82) is 0 Å². The van der Waals surface area contributed by atoms with Gasteiger partial charge >= 0.3 is 5.97 Å². The van der Waals surface area contributed by atoms with Crippen LogP contribution in [0.1, 0.15) is 5.56 Å². The molecule has 0 radical (unpaired) electrons. The Balaban J connectivity index is 1.49. The van der Waals surface area contributed by atoms with Gasteiger partial charge in [-0.3, -0.25) is 4.79 Å². The summed E-state index contributed by atoms with van der Waals surface area (Å²) in [5.41, 5.74) is 3.02. The average Bonchev–Trinajstić information content (AvgIpc) is 3.09. The number of rotatable bonds is 6. The molecule has 0 saturated carbocycles. The van der Waals surface area contributed by atoms with Crippen LogP contribution in [0.3, 0.4) is 0 Å². The minimum absolute atomic E-state index is 0.227. The fourth-order valence-corrected chi connectivity index (χ4v) is 3.60. The topological polar surface area (TPSA) is 39.2 Å². The average molecular weight is 341 g/mol. The lowest BCUT2D eigenvalue weighted by Gasteiger charge is -2.03. The van der Waals surface area contributed by atoms with Crippen LogP contribution in [-0.4, -0.2) is 16.7 Å². The van der Waals surface area contributed by atoms with Gasteiger partial charge in [0.1, 0.15) is 6.61 Å². The summed E-state index contributed by atoms with van der Waals surface area (Å²) in [6, 6.07) is 19.7. The molecule has 3 aromatic rings. The van der Waals surface area contributed by atoms with Crippen molar-refractivity contribution in [3.05, 3.63) is 71.6 Å². The van der Waals surface area contributed by atoms with Gasteiger partial charge in [-0.15, -0.1) is 11.3 Å². The normalized spacial score (nSPS) is 10.4. The second-order valence-corrected chi connectivity index (χ2v) is 6.88. The number of ether oxygens (including phenoxy) is 1. The number of hydrogen-bond acceptors (Lipinski definition) is 5. The first-order valence-corrected chi connectivity index (χ1v) is 9.01. The van der Waals surface area contributed by atoms with Gasteiger partial charge in [-0.05, 0) is 5.56 Å². The van der Waals surface area contributed by atoms with Gasteiger partial charge in [0.25, 0.3) is 0 Å². The number of nitrogens with zero attached hydrogens (tertiary/aromatic N) is 1. The molecule has 0 bridgehead atoms.